The lowest BCUT2D eigenvalue weighted by Crippen LogP contribution is -2.42. The molecule has 0 N–H and O–H groups in total. The summed E-state index contributed by atoms with van der Waals surface area (Å²) in [6, 6.07) is 2.31. The van der Waals surface area contributed by atoms with Gasteiger partial charge in [-0.2, -0.15) is 5.10 Å². The van der Waals surface area contributed by atoms with Gasteiger partial charge in [0.2, 0.25) is 0 Å². The Balaban J connectivity index is 1.68. The molecule has 2 aromatic rings. The predicted molar refractivity (Wildman–Crippen MR) is 88.7 cm³/mol. The summed E-state index contributed by atoms with van der Waals surface area (Å²) in [7, 11) is 1.84. The number of nitrogens with zero attached hydrogens (tertiary/aromatic N) is 6. The Kier molecular flexibility index (Phi) is 3.47. The first-order chi connectivity index (χ1) is 11.5. The Morgan fingerprint density at radius 1 is 1.25 bits per heavy atom. The Morgan fingerprint density at radius 2 is 2.00 bits per heavy atom. The van der Waals surface area contributed by atoms with E-state index in [4.69, 9.17) is 0 Å². The summed E-state index contributed by atoms with van der Waals surface area (Å²) >= 11 is 0. The summed E-state index contributed by atoms with van der Waals surface area (Å²) in [4.78, 5) is 15.2. The Hall–Kier alpha value is -2.18. The van der Waals surface area contributed by atoms with Gasteiger partial charge in [0.25, 0.3) is 5.91 Å². The predicted octanol–water partition coefficient (Wildman–Crippen LogP) is 1.67. The topological polar surface area (TPSA) is 68.8 Å². The van der Waals surface area contributed by atoms with Crippen molar-refractivity contribution in [1.29, 1.82) is 0 Å². The monoisotopic (exact) mass is 328 g/mol. The smallest absolute Gasteiger partial charge is 0.272 e. The first-order valence-corrected chi connectivity index (χ1v) is 8.71. The third-order valence-electron chi connectivity index (χ3n) is 5.26. The van der Waals surface area contributed by atoms with Gasteiger partial charge in [0.1, 0.15) is 17.3 Å². The van der Waals surface area contributed by atoms with E-state index in [1.807, 2.05) is 20.0 Å². The van der Waals surface area contributed by atoms with Gasteiger partial charge in [-0.25, -0.2) is 0 Å². The lowest BCUT2D eigenvalue weighted by Gasteiger charge is -2.28. The third kappa shape index (κ3) is 2.25. The summed E-state index contributed by atoms with van der Waals surface area (Å²) < 4.78 is 3.94. The maximum Gasteiger partial charge on any atom is 0.272 e. The van der Waals surface area contributed by atoms with Crippen molar-refractivity contribution in [3.05, 3.63) is 29.1 Å². The Labute approximate surface area is 141 Å². The number of carbonyl (C=O) groups is 1. The van der Waals surface area contributed by atoms with Crippen molar-refractivity contribution in [2.45, 2.75) is 64.6 Å². The van der Waals surface area contributed by atoms with Crippen LogP contribution in [-0.2, 0) is 20.0 Å². The van der Waals surface area contributed by atoms with Crippen molar-refractivity contribution in [3.8, 4) is 0 Å². The highest BCUT2D eigenvalue weighted by Gasteiger charge is 2.42. The molecule has 24 heavy (non-hydrogen) atoms. The molecule has 7 nitrogen and oxygen atoms in total. The lowest BCUT2D eigenvalue weighted by atomic mass is 10.1. The van der Waals surface area contributed by atoms with E-state index in [1.165, 1.54) is 0 Å². The number of fused-ring (bicyclic) bond motifs is 3. The van der Waals surface area contributed by atoms with Crippen LogP contribution >= 0.6 is 0 Å². The van der Waals surface area contributed by atoms with Crippen molar-refractivity contribution in [2.24, 2.45) is 7.05 Å². The fourth-order valence-electron chi connectivity index (χ4n) is 4.16. The van der Waals surface area contributed by atoms with Crippen molar-refractivity contribution < 1.29 is 4.79 Å². The first-order valence-electron chi connectivity index (χ1n) is 8.71. The fourth-order valence-corrected chi connectivity index (χ4v) is 4.16. The maximum atomic E-state index is 13.2. The van der Waals surface area contributed by atoms with Crippen LogP contribution in [0.1, 0.15) is 60.4 Å². The van der Waals surface area contributed by atoms with Crippen LogP contribution in [0, 0.1) is 6.92 Å². The molecule has 7 heteroatoms. The van der Waals surface area contributed by atoms with Crippen molar-refractivity contribution in [2.75, 3.05) is 0 Å². The normalized spacial score (nSPS) is 22.8. The summed E-state index contributed by atoms with van der Waals surface area (Å²) in [5.41, 5.74) is 1.55. The van der Waals surface area contributed by atoms with Gasteiger partial charge in [0.05, 0.1) is 11.7 Å². The largest absolute Gasteiger partial charge is 0.329 e. The lowest BCUT2D eigenvalue weighted by molar-refractivity contribution is 0.0653. The van der Waals surface area contributed by atoms with E-state index in [2.05, 4.69) is 38.6 Å². The number of amides is 1. The van der Waals surface area contributed by atoms with E-state index in [0.717, 1.165) is 43.1 Å². The van der Waals surface area contributed by atoms with Crippen LogP contribution in [0.15, 0.2) is 6.07 Å². The average Bonchev–Trinajstić information content (AvgIpc) is 3.14. The second-order valence-corrected chi connectivity index (χ2v) is 7.34. The zero-order valence-corrected chi connectivity index (χ0v) is 14.7. The molecule has 2 bridgehead atoms. The standard InChI is InChI=1S/C17H24N6O/c1-10(2)16-19-18-15-8-12-5-6-13(9-22(15)16)23(12)17(24)14-7-11(3)20-21(14)4/h7,10,12-13H,5-6,8-9H2,1-4H3. The molecule has 2 aromatic heterocycles. The van der Waals surface area contributed by atoms with Crippen LogP contribution in [0.2, 0.25) is 0 Å². The molecule has 0 saturated carbocycles. The SMILES string of the molecule is Cc1cc(C(=O)N2C3CCC2Cn2c(nnc2C(C)C)C3)n(C)n1. The van der Waals surface area contributed by atoms with Crippen molar-refractivity contribution in [1.82, 2.24) is 29.4 Å². The van der Waals surface area contributed by atoms with Gasteiger partial charge in [-0.15, -0.1) is 10.2 Å². The van der Waals surface area contributed by atoms with Crippen LogP contribution in [0.5, 0.6) is 0 Å². The first kappa shape index (κ1) is 15.4. The minimum atomic E-state index is 0.0930. The Morgan fingerprint density at radius 3 is 2.67 bits per heavy atom. The summed E-state index contributed by atoms with van der Waals surface area (Å²) in [6.45, 7) is 7.00. The van der Waals surface area contributed by atoms with Crippen molar-refractivity contribution in [3.63, 3.8) is 0 Å². The number of carbonyl (C=O) groups excluding carboxylic acids is 1. The molecule has 1 saturated heterocycles. The molecule has 4 rings (SSSR count). The second kappa shape index (κ2) is 5.43. The Bertz CT molecular complexity index is 789. The van der Waals surface area contributed by atoms with Gasteiger partial charge >= 0.3 is 0 Å². The average molecular weight is 328 g/mol. The number of hydrogen-bond donors (Lipinski definition) is 0. The molecule has 1 fully saturated rings. The van der Waals surface area contributed by atoms with Gasteiger partial charge in [0.15, 0.2) is 0 Å². The number of rotatable bonds is 2. The number of aryl methyl sites for hydroxylation is 2. The molecule has 2 aliphatic rings. The zero-order chi connectivity index (χ0) is 17.0. The molecule has 4 heterocycles. The quantitative estimate of drug-likeness (QED) is 0.841. The molecule has 0 spiro atoms. The minimum Gasteiger partial charge on any atom is -0.329 e. The van der Waals surface area contributed by atoms with E-state index >= 15 is 0 Å². The van der Waals surface area contributed by atoms with Crippen LogP contribution in [0.3, 0.4) is 0 Å². The molecular weight excluding hydrogens is 304 g/mol. The zero-order valence-electron chi connectivity index (χ0n) is 14.7. The number of hydrogen-bond acceptors (Lipinski definition) is 4. The van der Waals surface area contributed by atoms with E-state index in [9.17, 15) is 4.79 Å². The van der Waals surface area contributed by atoms with Gasteiger partial charge in [0, 0.05) is 32.0 Å². The number of aromatic nitrogens is 5. The van der Waals surface area contributed by atoms with E-state index in [1.54, 1.807) is 4.68 Å². The summed E-state index contributed by atoms with van der Waals surface area (Å²) in [5.74, 6) is 2.48. The van der Waals surface area contributed by atoms with Gasteiger partial charge in [-0.05, 0) is 25.8 Å². The second-order valence-electron chi connectivity index (χ2n) is 7.34. The highest BCUT2D eigenvalue weighted by Crippen LogP contribution is 2.33. The fraction of sp³-hybridized carbons (Fsp3) is 0.647. The van der Waals surface area contributed by atoms with E-state index < -0.39 is 0 Å². The van der Waals surface area contributed by atoms with E-state index in [-0.39, 0.29) is 18.0 Å². The molecule has 128 valence electrons. The molecule has 2 atom stereocenters. The third-order valence-corrected chi connectivity index (χ3v) is 5.26. The van der Waals surface area contributed by atoms with Gasteiger partial charge < -0.3 is 9.47 Å². The molecule has 2 unspecified atom stereocenters. The molecule has 0 radical (unpaired) electrons. The van der Waals surface area contributed by atoms with Crippen LogP contribution in [-0.4, -0.2) is 47.4 Å². The molecule has 0 aromatic carbocycles. The highest BCUT2D eigenvalue weighted by atomic mass is 16.2. The molecular formula is C17H24N6O. The van der Waals surface area contributed by atoms with Crippen LogP contribution in [0.25, 0.3) is 0 Å². The summed E-state index contributed by atoms with van der Waals surface area (Å²) in [6.07, 6.45) is 2.87. The maximum absolute atomic E-state index is 13.2. The minimum absolute atomic E-state index is 0.0930. The molecule has 1 amide bonds. The van der Waals surface area contributed by atoms with Crippen LogP contribution < -0.4 is 0 Å². The van der Waals surface area contributed by atoms with Gasteiger partial charge in [-0.3, -0.25) is 9.48 Å². The van der Waals surface area contributed by atoms with Crippen molar-refractivity contribution >= 4 is 5.91 Å². The van der Waals surface area contributed by atoms with Gasteiger partial charge in [-0.1, -0.05) is 13.8 Å². The molecule has 0 aliphatic carbocycles. The van der Waals surface area contributed by atoms with E-state index in [0.29, 0.717) is 11.6 Å². The molecule has 2 aliphatic heterocycles. The highest BCUT2D eigenvalue weighted by molar-refractivity contribution is 5.93. The summed E-state index contributed by atoms with van der Waals surface area (Å²) in [5, 5.41) is 13.1. The van der Waals surface area contributed by atoms with Crippen LogP contribution in [0.4, 0.5) is 0 Å².